The van der Waals surface area contributed by atoms with Crippen LogP contribution in [0.25, 0.3) is 6.08 Å². The molecule has 0 aliphatic rings. The van der Waals surface area contributed by atoms with E-state index in [0.29, 0.717) is 12.2 Å². The van der Waals surface area contributed by atoms with E-state index in [0.717, 1.165) is 22.0 Å². The first kappa shape index (κ1) is 21.4. The highest BCUT2D eigenvalue weighted by Crippen LogP contribution is 2.30. The number of amides is 1. The predicted molar refractivity (Wildman–Crippen MR) is 125 cm³/mol. The maximum atomic E-state index is 11.3. The molecule has 26 heavy (non-hydrogen) atoms. The van der Waals surface area contributed by atoms with Crippen LogP contribution in [0.15, 0.2) is 42.1 Å². The van der Waals surface area contributed by atoms with Crippen molar-refractivity contribution in [3.05, 3.63) is 63.9 Å². The Kier molecular flexibility index (Phi) is 8.13. The van der Waals surface area contributed by atoms with Crippen LogP contribution in [0.1, 0.15) is 18.1 Å². The number of carboxylic acids is 1. The molecule has 0 saturated carbocycles. The van der Waals surface area contributed by atoms with Crippen LogP contribution in [0.3, 0.4) is 0 Å². The average molecular weight is 689 g/mol. The Morgan fingerprint density at radius 3 is 2.35 bits per heavy atom. The highest BCUT2D eigenvalue weighted by atomic mass is 127. The molecule has 0 atom stereocenters. The van der Waals surface area contributed by atoms with Crippen LogP contribution >= 0.6 is 67.8 Å². The van der Waals surface area contributed by atoms with Gasteiger partial charge in [-0.25, -0.2) is 4.79 Å². The van der Waals surface area contributed by atoms with Crippen molar-refractivity contribution in [1.29, 1.82) is 0 Å². The molecule has 136 valence electrons. The fourth-order valence-electron chi connectivity index (χ4n) is 2.09. The number of benzene rings is 2. The molecule has 5 nitrogen and oxygen atoms in total. The van der Waals surface area contributed by atoms with Gasteiger partial charge in [-0.15, -0.1) is 0 Å². The minimum atomic E-state index is -1.19. The first-order valence-electron chi connectivity index (χ1n) is 7.35. The van der Waals surface area contributed by atoms with Gasteiger partial charge in [-0.3, -0.25) is 4.79 Å². The number of ether oxygens (including phenoxy) is 1. The number of hydrogen-bond acceptors (Lipinski definition) is 3. The molecule has 2 rings (SSSR count). The van der Waals surface area contributed by atoms with Crippen LogP contribution in [0.2, 0.25) is 0 Å². The number of halogens is 3. The molecule has 2 aromatic carbocycles. The van der Waals surface area contributed by atoms with Gasteiger partial charge in [-0.2, -0.15) is 0 Å². The van der Waals surface area contributed by atoms with Crippen molar-refractivity contribution in [3.63, 3.8) is 0 Å². The maximum absolute atomic E-state index is 11.3. The number of nitrogens with one attached hydrogen (secondary N) is 1. The lowest BCUT2D eigenvalue weighted by molar-refractivity contribution is -0.134. The number of carbonyl (C=O) groups is 2. The summed E-state index contributed by atoms with van der Waals surface area (Å²) in [5, 5.41) is 11.5. The SMILES string of the molecule is CC(=O)NC(=Cc1cc(I)c(OCc2cccc(I)c2)c(I)c1)C(=O)O. The fourth-order valence-corrected chi connectivity index (χ4v) is 4.83. The molecule has 0 aliphatic heterocycles. The van der Waals surface area contributed by atoms with Gasteiger partial charge in [0.25, 0.3) is 0 Å². The zero-order valence-electron chi connectivity index (χ0n) is 13.6. The van der Waals surface area contributed by atoms with E-state index in [2.05, 4.69) is 79.2 Å². The molecule has 0 spiro atoms. The Labute approximate surface area is 192 Å². The topological polar surface area (TPSA) is 75.6 Å². The van der Waals surface area contributed by atoms with E-state index in [9.17, 15) is 14.7 Å². The van der Waals surface area contributed by atoms with Crippen LogP contribution in [-0.4, -0.2) is 17.0 Å². The third kappa shape index (κ3) is 6.37. The molecule has 8 heteroatoms. The zero-order chi connectivity index (χ0) is 19.3. The quantitative estimate of drug-likeness (QED) is 0.343. The van der Waals surface area contributed by atoms with Crippen molar-refractivity contribution in [2.45, 2.75) is 13.5 Å². The maximum Gasteiger partial charge on any atom is 0.352 e. The van der Waals surface area contributed by atoms with E-state index in [-0.39, 0.29) is 5.70 Å². The standard InChI is InChI=1S/C18H14I3NO4/c1-10(23)22-16(18(24)25)8-12-6-14(20)17(15(21)7-12)26-9-11-3-2-4-13(19)5-11/h2-8H,9H2,1H3,(H,22,23)(H,24,25). The van der Waals surface area contributed by atoms with E-state index >= 15 is 0 Å². The van der Waals surface area contributed by atoms with Crippen LogP contribution in [-0.2, 0) is 16.2 Å². The van der Waals surface area contributed by atoms with Gasteiger partial charge < -0.3 is 15.2 Å². The third-order valence-electron chi connectivity index (χ3n) is 3.14. The van der Waals surface area contributed by atoms with Crippen molar-refractivity contribution in [2.75, 3.05) is 0 Å². The smallest absolute Gasteiger partial charge is 0.352 e. The highest BCUT2D eigenvalue weighted by molar-refractivity contribution is 14.1. The molecule has 1 amide bonds. The number of carboxylic acid groups (broad SMARTS) is 1. The van der Waals surface area contributed by atoms with Gasteiger partial charge >= 0.3 is 5.97 Å². The molecule has 0 aromatic heterocycles. The van der Waals surface area contributed by atoms with E-state index in [1.54, 1.807) is 0 Å². The van der Waals surface area contributed by atoms with E-state index < -0.39 is 11.9 Å². The Morgan fingerprint density at radius 1 is 1.15 bits per heavy atom. The molecule has 0 fully saturated rings. The molecular formula is C18H14I3NO4. The van der Waals surface area contributed by atoms with Gasteiger partial charge in [0.15, 0.2) is 0 Å². The van der Waals surface area contributed by atoms with Crippen LogP contribution < -0.4 is 10.1 Å². The second-order valence-electron chi connectivity index (χ2n) is 5.28. The van der Waals surface area contributed by atoms with E-state index in [1.807, 2.05) is 30.3 Å². The first-order valence-corrected chi connectivity index (χ1v) is 10.6. The summed E-state index contributed by atoms with van der Waals surface area (Å²) in [5.41, 5.74) is 1.58. The number of carbonyl (C=O) groups excluding carboxylic acids is 1. The second-order valence-corrected chi connectivity index (χ2v) is 8.85. The minimum absolute atomic E-state index is 0.170. The summed E-state index contributed by atoms with van der Waals surface area (Å²) in [6.07, 6.45) is 1.43. The summed E-state index contributed by atoms with van der Waals surface area (Å²) in [5.74, 6) is -0.872. The summed E-state index contributed by atoms with van der Waals surface area (Å²) in [7, 11) is 0. The summed E-state index contributed by atoms with van der Waals surface area (Å²) >= 11 is 6.57. The molecule has 0 bridgehead atoms. The molecule has 0 unspecified atom stereocenters. The average Bonchev–Trinajstić information content (AvgIpc) is 2.53. The normalized spacial score (nSPS) is 11.2. The predicted octanol–water partition coefficient (Wildman–Crippen LogP) is 4.64. The summed E-state index contributed by atoms with van der Waals surface area (Å²) in [6, 6.07) is 11.7. The van der Waals surface area contributed by atoms with Crippen molar-refractivity contribution >= 4 is 85.7 Å². The van der Waals surface area contributed by atoms with Gasteiger partial charge in [-0.1, -0.05) is 12.1 Å². The summed E-state index contributed by atoms with van der Waals surface area (Å²) < 4.78 is 8.82. The molecule has 2 N–H and O–H groups in total. The molecule has 0 radical (unpaired) electrons. The van der Waals surface area contributed by atoms with Crippen molar-refractivity contribution < 1.29 is 19.4 Å². The molecule has 2 aromatic rings. The van der Waals surface area contributed by atoms with Gasteiger partial charge in [0, 0.05) is 10.5 Å². The number of hydrogen-bond donors (Lipinski definition) is 2. The summed E-state index contributed by atoms with van der Waals surface area (Å²) in [4.78, 5) is 22.4. The number of aliphatic carboxylic acids is 1. The second kappa shape index (κ2) is 9.88. The lowest BCUT2D eigenvalue weighted by Crippen LogP contribution is -2.24. The summed E-state index contributed by atoms with van der Waals surface area (Å²) in [6.45, 7) is 1.72. The van der Waals surface area contributed by atoms with Gasteiger partial charge in [0.2, 0.25) is 5.91 Å². The molecular weight excluding hydrogens is 675 g/mol. The third-order valence-corrected chi connectivity index (χ3v) is 5.42. The monoisotopic (exact) mass is 689 g/mol. The Balaban J connectivity index is 2.24. The fraction of sp³-hybridized carbons (Fsp3) is 0.111. The molecule has 0 aliphatic carbocycles. The molecule has 0 saturated heterocycles. The number of rotatable bonds is 6. The van der Waals surface area contributed by atoms with Crippen molar-refractivity contribution in [3.8, 4) is 5.75 Å². The Bertz CT molecular complexity index is 857. The van der Waals surface area contributed by atoms with Crippen LogP contribution in [0.5, 0.6) is 5.75 Å². The minimum Gasteiger partial charge on any atom is -0.487 e. The Morgan fingerprint density at radius 2 is 1.81 bits per heavy atom. The van der Waals surface area contributed by atoms with Gasteiger partial charge in [-0.05, 0) is 109 Å². The van der Waals surface area contributed by atoms with E-state index in [4.69, 9.17) is 4.74 Å². The van der Waals surface area contributed by atoms with Gasteiger partial charge in [0.05, 0.1) is 7.14 Å². The first-order chi connectivity index (χ1) is 12.3. The Hall–Kier alpha value is -0.890. The van der Waals surface area contributed by atoms with Crippen molar-refractivity contribution in [1.82, 2.24) is 5.32 Å². The van der Waals surface area contributed by atoms with Gasteiger partial charge in [0.1, 0.15) is 18.1 Å². The zero-order valence-corrected chi connectivity index (χ0v) is 20.0. The van der Waals surface area contributed by atoms with E-state index in [1.165, 1.54) is 13.0 Å². The molecule has 0 heterocycles. The highest BCUT2D eigenvalue weighted by Gasteiger charge is 2.12. The lowest BCUT2D eigenvalue weighted by Gasteiger charge is -2.12. The van der Waals surface area contributed by atoms with Crippen molar-refractivity contribution in [2.24, 2.45) is 0 Å². The van der Waals surface area contributed by atoms with Crippen LogP contribution in [0, 0.1) is 10.7 Å². The van der Waals surface area contributed by atoms with Crippen LogP contribution in [0.4, 0.5) is 0 Å². The largest absolute Gasteiger partial charge is 0.487 e. The lowest BCUT2D eigenvalue weighted by atomic mass is 10.2.